The van der Waals surface area contributed by atoms with E-state index in [-0.39, 0.29) is 34.3 Å². The van der Waals surface area contributed by atoms with Crippen molar-refractivity contribution < 1.29 is 21.6 Å². The Morgan fingerprint density at radius 2 is 1.96 bits per heavy atom. The van der Waals surface area contributed by atoms with E-state index in [2.05, 4.69) is 15.0 Å². The van der Waals surface area contributed by atoms with Crippen LogP contribution in [0.5, 0.6) is 0 Å². The lowest BCUT2D eigenvalue weighted by molar-refractivity contribution is 0.491. The van der Waals surface area contributed by atoms with Crippen molar-refractivity contribution in [2.24, 2.45) is 4.40 Å². The average molecular weight is 390 g/mol. The highest BCUT2D eigenvalue weighted by atomic mass is 35.5. The Balaban J connectivity index is 2.23. The highest BCUT2D eigenvalue weighted by molar-refractivity contribution is 7.90. The van der Waals surface area contributed by atoms with E-state index in [1.54, 1.807) is 0 Å². The van der Waals surface area contributed by atoms with Crippen LogP contribution in [0.25, 0.3) is 11.1 Å². The molecule has 0 spiro atoms. The van der Waals surface area contributed by atoms with Crippen LogP contribution in [0.4, 0.5) is 18.9 Å². The van der Waals surface area contributed by atoms with Gasteiger partial charge in [-0.15, -0.1) is 4.40 Å². The summed E-state index contributed by atoms with van der Waals surface area (Å²) < 4.78 is 68.1. The predicted octanol–water partition coefficient (Wildman–Crippen LogP) is 3.31. The van der Waals surface area contributed by atoms with Crippen LogP contribution in [0, 0.1) is 11.6 Å². The molecule has 5 nitrogen and oxygen atoms in total. The van der Waals surface area contributed by atoms with Gasteiger partial charge in [0.15, 0.2) is 0 Å². The van der Waals surface area contributed by atoms with E-state index in [0.29, 0.717) is 0 Å². The minimum atomic E-state index is -4.23. The van der Waals surface area contributed by atoms with Gasteiger partial charge in [0.2, 0.25) is 5.96 Å². The molecule has 0 saturated heterocycles. The lowest BCUT2D eigenvalue weighted by atomic mass is 10.0. The van der Waals surface area contributed by atoms with Gasteiger partial charge in [-0.05, 0) is 18.2 Å². The number of halogens is 4. The minimum Gasteiger partial charge on any atom is -0.353 e. The highest BCUT2D eigenvalue weighted by Crippen LogP contribution is 2.40. The highest BCUT2D eigenvalue weighted by Gasteiger charge is 2.29. The molecule has 0 fully saturated rings. The number of fused-ring (bicyclic) bond motifs is 1. The molecule has 10 heteroatoms. The number of hydrogen-bond donors (Lipinski definition) is 2. The number of guanidine groups is 1. The maximum atomic E-state index is 14.0. The molecule has 0 bridgehead atoms. The SMILES string of the molecule is O=S1(=O)N=C(NCCF)Nc2c(-c3cccc(F)c3Cl)cc(F)cc21. The summed E-state index contributed by atoms with van der Waals surface area (Å²) in [6.07, 6.45) is 0. The number of sulfonamides is 1. The minimum absolute atomic E-state index is 0.0229. The van der Waals surface area contributed by atoms with Crippen molar-refractivity contribution >= 4 is 33.3 Å². The van der Waals surface area contributed by atoms with Crippen LogP contribution in [-0.4, -0.2) is 27.6 Å². The molecule has 0 unspecified atom stereocenters. The maximum Gasteiger partial charge on any atom is 0.287 e. The molecule has 1 aliphatic heterocycles. The van der Waals surface area contributed by atoms with Crippen molar-refractivity contribution in [2.75, 3.05) is 18.5 Å². The van der Waals surface area contributed by atoms with Crippen molar-refractivity contribution in [3.05, 3.63) is 47.0 Å². The van der Waals surface area contributed by atoms with Crippen molar-refractivity contribution in [1.82, 2.24) is 5.32 Å². The van der Waals surface area contributed by atoms with Crippen LogP contribution in [0.1, 0.15) is 0 Å². The molecule has 0 atom stereocenters. The number of anilines is 1. The van der Waals surface area contributed by atoms with Gasteiger partial charge in [-0.3, -0.25) is 0 Å². The lowest BCUT2D eigenvalue weighted by Gasteiger charge is -2.22. The van der Waals surface area contributed by atoms with Gasteiger partial charge in [-0.25, -0.2) is 13.2 Å². The third kappa shape index (κ3) is 3.29. The monoisotopic (exact) mass is 389 g/mol. The third-order valence-electron chi connectivity index (χ3n) is 3.43. The Labute approximate surface area is 146 Å². The number of alkyl halides is 1. The molecule has 3 rings (SSSR count). The first-order valence-electron chi connectivity index (χ1n) is 7.03. The first-order chi connectivity index (χ1) is 11.8. The Morgan fingerprint density at radius 3 is 2.68 bits per heavy atom. The van der Waals surface area contributed by atoms with Gasteiger partial charge in [0.25, 0.3) is 10.0 Å². The van der Waals surface area contributed by atoms with Gasteiger partial charge < -0.3 is 10.6 Å². The second-order valence-corrected chi connectivity index (χ2v) is 7.03. The zero-order valence-corrected chi connectivity index (χ0v) is 14.1. The molecule has 0 amide bonds. The maximum absolute atomic E-state index is 14.0. The van der Waals surface area contributed by atoms with E-state index in [9.17, 15) is 21.6 Å². The standard InChI is InChI=1S/C15H11ClF3N3O2S/c16-13-9(2-1-3-11(13)19)10-6-8(18)7-12-14(10)21-15(20-5-4-17)22-25(12,23)24/h1-3,6-7H,4-5H2,(H2,20,21,22). The quantitative estimate of drug-likeness (QED) is 0.845. The molecule has 132 valence electrons. The Hall–Kier alpha value is -2.26. The van der Waals surface area contributed by atoms with E-state index in [1.807, 2.05) is 0 Å². The summed E-state index contributed by atoms with van der Waals surface area (Å²) in [6, 6.07) is 5.73. The van der Waals surface area contributed by atoms with Crippen LogP contribution < -0.4 is 10.6 Å². The van der Waals surface area contributed by atoms with Crippen LogP contribution >= 0.6 is 11.6 Å². The van der Waals surface area contributed by atoms with Gasteiger partial charge in [0, 0.05) is 17.7 Å². The van der Waals surface area contributed by atoms with Crippen molar-refractivity contribution in [3.63, 3.8) is 0 Å². The number of benzene rings is 2. The van der Waals surface area contributed by atoms with E-state index < -0.39 is 33.2 Å². The molecule has 2 N–H and O–H groups in total. The predicted molar refractivity (Wildman–Crippen MR) is 89.0 cm³/mol. The summed E-state index contributed by atoms with van der Waals surface area (Å²) in [5.41, 5.74) is 0.120. The summed E-state index contributed by atoms with van der Waals surface area (Å²) in [6.45, 7) is -0.923. The fourth-order valence-corrected chi connectivity index (χ4v) is 3.75. The van der Waals surface area contributed by atoms with Crippen molar-refractivity contribution in [2.45, 2.75) is 4.90 Å². The van der Waals surface area contributed by atoms with E-state index >= 15 is 0 Å². The molecule has 1 aliphatic rings. The zero-order chi connectivity index (χ0) is 18.2. The zero-order valence-electron chi connectivity index (χ0n) is 12.5. The molecular formula is C15H11ClF3N3O2S. The van der Waals surface area contributed by atoms with E-state index in [1.165, 1.54) is 12.1 Å². The fourth-order valence-electron chi connectivity index (χ4n) is 2.39. The summed E-state index contributed by atoms with van der Waals surface area (Å²) in [4.78, 5) is -0.423. The third-order valence-corrected chi connectivity index (χ3v) is 5.11. The second-order valence-electron chi connectivity index (χ2n) is 5.08. The van der Waals surface area contributed by atoms with Crippen molar-refractivity contribution in [1.29, 1.82) is 0 Å². The summed E-state index contributed by atoms with van der Waals surface area (Å²) in [7, 11) is -4.23. The molecule has 2 aromatic carbocycles. The molecule has 0 saturated carbocycles. The molecule has 2 aromatic rings. The molecule has 0 aliphatic carbocycles. The van der Waals surface area contributed by atoms with Gasteiger partial charge in [0.05, 0.1) is 10.7 Å². The van der Waals surface area contributed by atoms with E-state index in [0.717, 1.165) is 18.2 Å². The number of rotatable bonds is 3. The normalized spacial score (nSPS) is 15.1. The second kappa shape index (κ2) is 6.57. The van der Waals surface area contributed by atoms with Crippen LogP contribution in [0.3, 0.4) is 0 Å². The Bertz CT molecular complexity index is 980. The smallest absolute Gasteiger partial charge is 0.287 e. The topological polar surface area (TPSA) is 70.6 Å². The van der Waals surface area contributed by atoms with Gasteiger partial charge in [-0.1, -0.05) is 23.7 Å². The number of nitrogens with one attached hydrogen (secondary N) is 2. The van der Waals surface area contributed by atoms with Gasteiger partial charge >= 0.3 is 0 Å². The average Bonchev–Trinajstić information content (AvgIpc) is 2.55. The van der Waals surface area contributed by atoms with Crippen molar-refractivity contribution in [3.8, 4) is 11.1 Å². The van der Waals surface area contributed by atoms with Crippen LogP contribution in [-0.2, 0) is 10.0 Å². The number of hydrogen-bond acceptors (Lipinski definition) is 4. The molecule has 1 heterocycles. The number of nitrogens with zero attached hydrogens (tertiary/aromatic N) is 1. The van der Waals surface area contributed by atoms with Gasteiger partial charge in [0.1, 0.15) is 23.2 Å². The Kier molecular flexibility index (Phi) is 4.61. The lowest BCUT2D eigenvalue weighted by Crippen LogP contribution is -2.36. The first kappa shape index (κ1) is 17.6. The fraction of sp³-hybridized carbons (Fsp3) is 0.133. The molecular weight excluding hydrogens is 379 g/mol. The first-order valence-corrected chi connectivity index (χ1v) is 8.85. The van der Waals surface area contributed by atoms with Crippen LogP contribution in [0.2, 0.25) is 5.02 Å². The van der Waals surface area contributed by atoms with E-state index in [4.69, 9.17) is 11.6 Å². The summed E-state index contributed by atoms with van der Waals surface area (Å²) >= 11 is 5.94. The largest absolute Gasteiger partial charge is 0.353 e. The molecule has 0 aromatic heterocycles. The molecule has 25 heavy (non-hydrogen) atoms. The van der Waals surface area contributed by atoms with Gasteiger partial charge in [-0.2, -0.15) is 8.42 Å². The van der Waals surface area contributed by atoms with Crippen LogP contribution in [0.15, 0.2) is 39.6 Å². The molecule has 0 radical (unpaired) electrons. The Morgan fingerprint density at radius 1 is 1.20 bits per heavy atom. The summed E-state index contributed by atoms with van der Waals surface area (Å²) in [5, 5.41) is 4.86. The summed E-state index contributed by atoms with van der Waals surface area (Å²) in [5.74, 6) is -1.80.